The van der Waals surface area contributed by atoms with Crippen molar-refractivity contribution < 1.29 is 22.5 Å². The van der Waals surface area contributed by atoms with E-state index in [0.29, 0.717) is 11.6 Å². The number of nitrogens with one attached hydrogen (secondary N) is 1. The number of halogens is 3. The van der Waals surface area contributed by atoms with Crippen molar-refractivity contribution in [2.24, 2.45) is 5.92 Å². The molecule has 1 aromatic carbocycles. The van der Waals surface area contributed by atoms with Gasteiger partial charge in [-0.3, -0.25) is 9.69 Å². The average molecular weight is 460 g/mol. The SMILES string of the molecule is C[S+]([O-])CC(=O)NC1CCC(CCN2CCN(c3cccc(C(F)(F)F)c3)CC2)CC1. The smallest absolute Gasteiger partial charge is 0.416 e. The molecule has 9 heteroatoms. The van der Waals surface area contributed by atoms with E-state index in [2.05, 4.69) is 10.2 Å². The van der Waals surface area contributed by atoms with Gasteiger partial charge < -0.3 is 14.8 Å². The summed E-state index contributed by atoms with van der Waals surface area (Å²) in [6.07, 6.45) is 2.45. The van der Waals surface area contributed by atoms with E-state index in [-0.39, 0.29) is 17.7 Å². The highest BCUT2D eigenvalue weighted by Gasteiger charge is 2.31. The number of benzene rings is 1. The highest BCUT2D eigenvalue weighted by atomic mass is 32.2. The van der Waals surface area contributed by atoms with Crippen molar-refractivity contribution in [1.82, 2.24) is 10.2 Å². The molecule has 2 aliphatic rings. The minimum atomic E-state index is -4.31. The van der Waals surface area contributed by atoms with Crippen molar-refractivity contribution in [1.29, 1.82) is 0 Å². The third kappa shape index (κ3) is 7.57. The third-order valence-corrected chi connectivity index (χ3v) is 6.98. The Morgan fingerprint density at radius 1 is 1.16 bits per heavy atom. The number of hydrogen-bond donors (Lipinski definition) is 1. The topological polar surface area (TPSA) is 58.6 Å². The van der Waals surface area contributed by atoms with Gasteiger partial charge in [-0.25, -0.2) is 0 Å². The molecular weight excluding hydrogens is 427 g/mol. The van der Waals surface area contributed by atoms with Crippen LogP contribution in [-0.4, -0.2) is 66.1 Å². The monoisotopic (exact) mass is 459 g/mol. The maximum Gasteiger partial charge on any atom is 0.416 e. The van der Waals surface area contributed by atoms with Crippen LogP contribution in [0.2, 0.25) is 0 Å². The largest absolute Gasteiger partial charge is 0.616 e. The summed E-state index contributed by atoms with van der Waals surface area (Å²) in [5.41, 5.74) is 0.0453. The Bertz CT molecular complexity index is 716. The van der Waals surface area contributed by atoms with Crippen molar-refractivity contribution in [3.63, 3.8) is 0 Å². The normalized spacial score (nSPS) is 24.1. The van der Waals surface area contributed by atoms with Gasteiger partial charge in [0.25, 0.3) is 5.91 Å². The summed E-state index contributed by atoms with van der Waals surface area (Å²) < 4.78 is 50.0. The number of nitrogens with zero attached hydrogens (tertiary/aromatic N) is 2. The fraction of sp³-hybridized carbons (Fsp3) is 0.682. The van der Waals surface area contributed by atoms with Crippen LogP contribution in [-0.2, 0) is 22.1 Å². The standard InChI is InChI=1S/C22H32F3N3O2S/c1-31(30)16-21(29)26-19-7-5-17(6-8-19)9-10-27-11-13-28(14-12-27)20-4-2-3-18(15-20)22(23,24)25/h2-4,15,17,19H,5-14,16H2,1H3,(H,26,29). The number of alkyl halides is 3. The van der Waals surface area contributed by atoms with Gasteiger partial charge in [0.1, 0.15) is 0 Å². The molecule has 1 amide bonds. The van der Waals surface area contributed by atoms with Crippen LogP contribution in [0.15, 0.2) is 24.3 Å². The minimum absolute atomic E-state index is 0.0758. The van der Waals surface area contributed by atoms with Crippen molar-refractivity contribution >= 4 is 22.8 Å². The molecule has 0 spiro atoms. The fourth-order valence-electron chi connectivity index (χ4n) is 4.52. The molecule has 1 heterocycles. The lowest BCUT2D eigenvalue weighted by atomic mass is 9.84. The predicted molar refractivity (Wildman–Crippen MR) is 118 cm³/mol. The predicted octanol–water partition coefficient (Wildman–Crippen LogP) is 3.27. The lowest BCUT2D eigenvalue weighted by molar-refractivity contribution is -0.137. The molecule has 31 heavy (non-hydrogen) atoms. The molecule has 1 atom stereocenters. The molecular formula is C22H32F3N3O2S. The van der Waals surface area contributed by atoms with Crippen LogP contribution in [0.3, 0.4) is 0 Å². The zero-order valence-electron chi connectivity index (χ0n) is 18.0. The zero-order valence-corrected chi connectivity index (χ0v) is 18.8. The first-order valence-electron chi connectivity index (χ1n) is 10.9. The van der Waals surface area contributed by atoms with Gasteiger partial charge in [-0.2, -0.15) is 13.2 Å². The average Bonchev–Trinajstić information content (AvgIpc) is 2.72. The highest BCUT2D eigenvalue weighted by Crippen LogP contribution is 2.32. The van der Waals surface area contributed by atoms with Gasteiger partial charge >= 0.3 is 6.18 Å². The van der Waals surface area contributed by atoms with Gasteiger partial charge in [-0.15, -0.1) is 0 Å². The molecule has 1 aliphatic heterocycles. The molecule has 0 bridgehead atoms. The van der Waals surface area contributed by atoms with Crippen molar-refractivity contribution in [3.8, 4) is 0 Å². The maximum absolute atomic E-state index is 13.0. The summed E-state index contributed by atoms with van der Waals surface area (Å²) in [6.45, 7) is 4.19. The first-order valence-corrected chi connectivity index (χ1v) is 12.7. The van der Waals surface area contributed by atoms with Crippen molar-refractivity contribution in [2.45, 2.75) is 44.3 Å². The van der Waals surface area contributed by atoms with E-state index in [9.17, 15) is 22.5 Å². The second-order valence-electron chi connectivity index (χ2n) is 8.67. The Balaban J connectivity index is 1.35. The van der Waals surface area contributed by atoms with Gasteiger partial charge in [-0.1, -0.05) is 6.07 Å². The number of amides is 1. The fourth-order valence-corrected chi connectivity index (χ4v) is 4.98. The van der Waals surface area contributed by atoms with E-state index in [4.69, 9.17) is 0 Å². The molecule has 1 aliphatic carbocycles. The first-order chi connectivity index (χ1) is 14.7. The van der Waals surface area contributed by atoms with Crippen LogP contribution >= 0.6 is 0 Å². The second kappa shape index (κ2) is 10.9. The zero-order chi connectivity index (χ0) is 22.4. The van der Waals surface area contributed by atoms with E-state index in [1.54, 1.807) is 6.07 Å². The van der Waals surface area contributed by atoms with E-state index in [0.717, 1.165) is 70.9 Å². The Labute approximate surface area is 185 Å². The number of anilines is 1. The summed E-state index contributed by atoms with van der Waals surface area (Å²) >= 11 is -1.10. The Hall–Kier alpha value is -1.45. The number of rotatable bonds is 7. The molecule has 1 saturated carbocycles. The maximum atomic E-state index is 13.0. The van der Waals surface area contributed by atoms with Gasteiger partial charge in [-0.05, 0) is 73.9 Å². The first kappa shape index (κ1) is 24.2. The van der Waals surface area contributed by atoms with Crippen LogP contribution in [0, 0.1) is 5.92 Å². The van der Waals surface area contributed by atoms with Gasteiger partial charge in [0.05, 0.1) is 11.8 Å². The summed E-state index contributed by atoms with van der Waals surface area (Å²) in [5, 5.41) is 2.99. The quantitative estimate of drug-likeness (QED) is 0.636. The molecule has 1 aromatic rings. The van der Waals surface area contributed by atoms with Gasteiger partial charge in [0.15, 0.2) is 5.75 Å². The number of carbonyl (C=O) groups is 1. The number of hydrogen-bond acceptors (Lipinski definition) is 4. The summed E-state index contributed by atoms with van der Waals surface area (Å²) in [5.74, 6) is 0.602. The van der Waals surface area contributed by atoms with Crippen LogP contribution in [0.4, 0.5) is 18.9 Å². The number of piperazine rings is 1. The number of carbonyl (C=O) groups excluding carboxylic acids is 1. The van der Waals surface area contributed by atoms with E-state index < -0.39 is 22.9 Å². The Kier molecular flexibility index (Phi) is 8.52. The van der Waals surface area contributed by atoms with E-state index in [1.165, 1.54) is 18.4 Å². The van der Waals surface area contributed by atoms with Crippen LogP contribution in [0.1, 0.15) is 37.7 Å². The molecule has 0 radical (unpaired) electrons. The van der Waals surface area contributed by atoms with Gasteiger partial charge in [0.2, 0.25) is 0 Å². The third-order valence-electron chi connectivity index (χ3n) is 6.31. The lowest BCUT2D eigenvalue weighted by Gasteiger charge is -2.37. The van der Waals surface area contributed by atoms with Crippen LogP contribution < -0.4 is 10.2 Å². The van der Waals surface area contributed by atoms with E-state index >= 15 is 0 Å². The van der Waals surface area contributed by atoms with Crippen LogP contribution in [0.25, 0.3) is 0 Å². The minimum Gasteiger partial charge on any atom is -0.616 e. The molecule has 174 valence electrons. The summed E-state index contributed by atoms with van der Waals surface area (Å²) in [6, 6.07) is 5.78. The summed E-state index contributed by atoms with van der Waals surface area (Å²) in [7, 11) is 0. The lowest BCUT2D eigenvalue weighted by Crippen LogP contribution is -2.47. The highest BCUT2D eigenvalue weighted by molar-refractivity contribution is 7.91. The summed E-state index contributed by atoms with van der Waals surface area (Å²) in [4.78, 5) is 16.2. The molecule has 1 N–H and O–H groups in total. The van der Waals surface area contributed by atoms with Crippen LogP contribution in [0.5, 0.6) is 0 Å². The molecule has 0 aromatic heterocycles. The molecule has 3 rings (SSSR count). The molecule has 2 fully saturated rings. The molecule has 5 nitrogen and oxygen atoms in total. The molecule has 1 saturated heterocycles. The van der Waals surface area contributed by atoms with E-state index in [1.807, 2.05) is 4.90 Å². The van der Waals surface area contributed by atoms with Crippen molar-refractivity contribution in [2.75, 3.05) is 49.6 Å². The van der Waals surface area contributed by atoms with Gasteiger partial charge in [0, 0.05) is 37.9 Å². The molecule has 1 unspecified atom stereocenters. The Morgan fingerprint density at radius 2 is 1.84 bits per heavy atom. The van der Waals surface area contributed by atoms with Crippen molar-refractivity contribution in [3.05, 3.63) is 29.8 Å². The Morgan fingerprint density at radius 3 is 2.45 bits per heavy atom. The second-order valence-corrected chi connectivity index (χ2v) is 10.1.